The van der Waals surface area contributed by atoms with E-state index >= 15 is 0 Å². The maximum absolute atomic E-state index is 10.2. The molecule has 0 saturated heterocycles. The number of aliphatic hydroxyl groups is 2. The number of aldehydes is 1. The molecule has 112 valence electrons. The predicted octanol–water partition coefficient (Wildman–Crippen LogP) is -4.66. The van der Waals surface area contributed by atoms with E-state index in [0.29, 0.717) is 11.0 Å². The van der Waals surface area contributed by atoms with Crippen LogP contribution in [0.2, 0.25) is 0 Å². The Balaban J connectivity index is -0.000000277. The molecule has 0 saturated carbocycles. The lowest BCUT2D eigenvalue weighted by atomic mass is 10.4. The number of rotatable bonds is 6. The molecule has 1 atom stereocenters. The molecule has 8 nitrogen and oxygen atoms in total. The van der Waals surface area contributed by atoms with Crippen LogP contribution >= 0.6 is 7.82 Å². The summed E-state index contributed by atoms with van der Waals surface area (Å²) in [5.41, 5.74) is 0. The van der Waals surface area contributed by atoms with E-state index in [1.165, 1.54) is 0 Å². The van der Waals surface area contributed by atoms with Gasteiger partial charge in [0.05, 0.1) is 27.7 Å². The van der Waals surface area contributed by atoms with Gasteiger partial charge < -0.3 is 41.7 Å². The molecular formula is C8H21ClNO7P. The first kappa shape index (κ1) is 23.1. The normalized spacial score (nSPS) is 12.8. The van der Waals surface area contributed by atoms with Crippen LogP contribution in [0.3, 0.4) is 0 Å². The number of aliphatic hydroxyl groups excluding tert-OH is 2. The van der Waals surface area contributed by atoms with Crippen LogP contribution in [0.1, 0.15) is 0 Å². The molecule has 0 amide bonds. The summed E-state index contributed by atoms with van der Waals surface area (Å²) < 4.78 is 15.1. The van der Waals surface area contributed by atoms with Crippen molar-refractivity contribution in [3.05, 3.63) is 0 Å². The number of hydrogen-bond donors (Lipinski definition) is 4. The highest BCUT2D eigenvalue weighted by atomic mass is 35.5. The van der Waals surface area contributed by atoms with Gasteiger partial charge in [0.2, 0.25) is 0 Å². The molecule has 0 spiro atoms. The first-order valence-corrected chi connectivity index (χ1v) is 6.29. The number of carbonyl (C=O) groups is 1. The smallest absolute Gasteiger partial charge is 0.469 e. The van der Waals surface area contributed by atoms with Gasteiger partial charge in [-0.1, -0.05) is 0 Å². The maximum atomic E-state index is 10.2. The van der Waals surface area contributed by atoms with Gasteiger partial charge in [-0.2, -0.15) is 0 Å². The number of nitrogens with zero attached hydrogens (tertiary/aromatic N) is 1. The molecule has 0 bridgehead atoms. The Labute approximate surface area is 112 Å². The summed E-state index contributed by atoms with van der Waals surface area (Å²) in [5, 5.41) is 15.9. The zero-order valence-electron chi connectivity index (χ0n) is 10.6. The van der Waals surface area contributed by atoms with Crippen LogP contribution in [0, 0.1) is 0 Å². The van der Waals surface area contributed by atoms with Crippen LogP contribution in [-0.2, 0) is 13.9 Å². The van der Waals surface area contributed by atoms with E-state index in [1.54, 1.807) is 0 Å². The molecule has 0 aromatic rings. The van der Waals surface area contributed by atoms with Crippen LogP contribution in [-0.4, -0.2) is 77.8 Å². The standard InChI is InChI=1S/C5H14NO4P.C3H6O3.ClH/c1-6(2,3)4-5-10-11(7,8)9;4-1-3(6)2-5;/h4-5H2,1-3H3,(H-,7,8,9);1,3,5-6H,2H2;1H. The van der Waals surface area contributed by atoms with Crippen molar-refractivity contribution in [2.24, 2.45) is 0 Å². The van der Waals surface area contributed by atoms with Crippen molar-refractivity contribution < 1.29 is 50.8 Å². The molecule has 0 rings (SSSR count). The number of phosphoric acid groups is 1. The lowest BCUT2D eigenvalue weighted by molar-refractivity contribution is -0.870. The maximum Gasteiger partial charge on any atom is 0.469 e. The minimum atomic E-state index is -4.26. The number of phosphoric ester groups is 1. The summed E-state index contributed by atoms with van der Waals surface area (Å²) in [6, 6.07) is 0. The summed E-state index contributed by atoms with van der Waals surface area (Å²) in [6.07, 6.45) is -0.912. The molecule has 0 aromatic heterocycles. The molecule has 1 unspecified atom stereocenters. The summed E-state index contributed by atoms with van der Waals surface area (Å²) in [7, 11) is 1.50. The largest absolute Gasteiger partial charge is 1.00 e. The third-order valence-corrected chi connectivity index (χ3v) is 1.88. The molecule has 4 N–H and O–H groups in total. The summed E-state index contributed by atoms with van der Waals surface area (Å²) >= 11 is 0. The minimum Gasteiger partial charge on any atom is -1.00 e. The van der Waals surface area contributed by atoms with Gasteiger partial charge in [-0.25, -0.2) is 4.57 Å². The van der Waals surface area contributed by atoms with Crippen LogP contribution in [0.4, 0.5) is 0 Å². The Bertz CT molecular complexity index is 252. The fourth-order valence-electron chi connectivity index (χ4n) is 0.477. The van der Waals surface area contributed by atoms with E-state index in [1.807, 2.05) is 21.1 Å². The van der Waals surface area contributed by atoms with Gasteiger partial charge in [-0.15, -0.1) is 0 Å². The molecule has 0 heterocycles. The molecular weight excluding hydrogens is 289 g/mol. The predicted molar refractivity (Wildman–Crippen MR) is 60.1 cm³/mol. The van der Waals surface area contributed by atoms with Gasteiger partial charge in [-0.05, 0) is 0 Å². The van der Waals surface area contributed by atoms with Crippen molar-refractivity contribution in [1.29, 1.82) is 0 Å². The Hall–Kier alpha value is -0.0500. The number of quaternary nitrogens is 1. The summed E-state index contributed by atoms with van der Waals surface area (Å²) in [6.45, 7) is 0.169. The zero-order valence-corrected chi connectivity index (χ0v) is 12.2. The highest BCUT2D eigenvalue weighted by Gasteiger charge is 2.15. The quantitative estimate of drug-likeness (QED) is 0.221. The van der Waals surface area contributed by atoms with Gasteiger partial charge >= 0.3 is 7.82 Å². The van der Waals surface area contributed by atoms with E-state index in [9.17, 15) is 9.36 Å². The van der Waals surface area contributed by atoms with Crippen molar-refractivity contribution in [2.75, 3.05) is 40.9 Å². The Morgan fingerprint density at radius 1 is 1.33 bits per heavy atom. The van der Waals surface area contributed by atoms with E-state index < -0.39 is 20.5 Å². The monoisotopic (exact) mass is 309 g/mol. The average molecular weight is 310 g/mol. The molecule has 0 fully saturated rings. The Kier molecular flexibility index (Phi) is 13.9. The highest BCUT2D eigenvalue weighted by molar-refractivity contribution is 7.46. The van der Waals surface area contributed by atoms with Crippen LogP contribution in [0.15, 0.2) is 0 Å². The van der Waals surface area contributed by atoms with Gasteiger partial charge in [0.1, 0.15) is 19.3 Å². The number of hydrogen-bond acceptors (Lipinski definition) is 5. The van der Waals surface area contributed by atoms with Crippen LogP contribution in [0.25, 0.3) is 0 Å². The second-order valence-corrected chi connectivity index (χ2v) is 5.46. The Morgan fingerprint density at radius 2 is 1.78 bits per heavy atom. The lowest BCUT2D eigenvalue weighted by Gasteiger charge is -2.23. The van der Waals surface area contributed by atoms with E-state index in [4.69, 9.17) is 20.0 Å². The van der Waals surface area contributed by atoms with Crippen molar-refractivity contribution in [3.63, 3.8) is 0 Å². The van der Waals surface area contributed by atoms with Crippen LogP contribution in [0.5, 0.6) is 0 Å². The Morgan fingerprint density at radius 3 is 1.94 bits per heavy atom. The molecule has 0 radical (unpaired) electrons. The molecule has 0 aliphatic rings. The highest BCUT2D eigenvalue weighted by Crippen LogP contribution is 2.35. The fraction of sp³-hybridized carbons (Fsp3) is 0.875. The topological polar surface area (TPSA) is 124 Å². The summed E-state index contributed by atoms with van der Waals surface area (Å²) in [5.74, 6) is 0. The second-order valence-electron chi connectivity index (χ2n) is 4.22. The van der Waals surface area contributed by atoms with E-state index in [0.717, 1.165) is 0 Å². The third-order valence-electron chi connectivity index (χ3n) is 1.37. The third kappa shape index (κ3) is 25.0. The fourth-order valence-corrected chi connectivity index (χ4v) is 0.796. The van der Waals surface area contributed by atoms with E-state index in [-0.39, 0.29) is 25.3 Å². The van der Waals surface area contributed by atoms with Crippen molar-refractivity contribution in [2.45, 2.75) is 6.10 Å². The zero-order chi connectivity index (χ0) is 14.1. The van der Waals surface area contributed by atoms with Gasteiger partial charge in [0, 0.05) is 0 Å². The van der Waals surface area contributed by atoms with Crippen molar-refractivity contribution in [1.82, 2.24) is 0 Å². The van der Waals surface area contributed by atoms with Gasteiger partial charge in [-0.3, -0.25) is 4.52 Å². The SMILES string of the molecule is C[N+](C)(C)CCOP(=O)(O)O.O=CC(O)CO.[Cl-]. The van der Waals surface area contributed by atoms with Crippen molar-refractivity contribution in [3.8, 4) is 0 Å². The lowest BCUT2D eigenvalue weighted by Crippen LogP contribution is -3.00. The number of carbonyl (C=O) groups excluding carboxylic acids is 1. The number of halogens is 1. The van der Waals surface area contributed by atoms with Crippen LogP contribution < -0.4 is 12.4 Å². The van der Waals surface area contributed by atoms with Crippen molar-refractivity contribution >= 4 is 14.1 Å². The van der Waals surface area contributed by atoms with E-state index in [2.05, 4.69) is 4.52 Å². The van der Waals surface area contributed by atoms with Gasteiger partial charge in [0.25, 0.3) is 0 Å². The molecule has 0 aliphatic heterocycles. The first-order valence-electron chi connectivity index (χ1n) is 4.76. The average Bonchev–Trinajstić information content (AvgIpc) is 2.13. The van der Waals surface area contributed by atoms with Gasteiger partial charge in [0.15, 0.2) is 6.29 Å². The molecule has 0 aromatic carbocycles. The molecule has 18 heavy (non-hydrogen) atoms. The number of likely N-dealkylation sites (N-methyl/N-ethyl adjacent to an activating group) is 1. The summed E-state index contributed by atoms with van der Waals surface area (Å²) in [4.78, 5) is 25.9. The second kappa shape index (κ2) is 10.8. The first-order chi connectivity index (χ1) is 7.52. The molecule has 0 aliphatic carbocycles. The molecule has 10 heteroatoms. The minimum absolute atomic E-state index is 0.